The summed E-state index contributed by atoms with van der Waals surface area (Å²) < 4.78 is 0.878. The largest absolute Gasteiger partial charge is 0.314 e. The van der Waals surface area contributed by atoms with Gasteiger partial charge in [0.1, 0.15) is 0 Å². The first kappa shape index (κ1) is 13.6. The number of aryl methyl sites for hydroxylation is 1. The highest BCUT2D eigenvalue weighted by atomic mass is 35.5. The predicted octanol–water partition coefficient (Wildman–Crippen LogP) is 3.77. The number of thiophene rings is 2. The second kappa shape index (κ2) is 5.94. The minimum absolute atomic E-state index is 0.373. The molecule has 3 rings (SSSR count). The summed E-state index contributed by atoms with van der Waals surface area (Å²) in [5, 5.41) is 3.42. The molecule has 0 bridgehead atoms. The van der Waals surface area contributed by atoms with Crippen molar-refractivity contribution in [2.45, 2.75) is 13.0 Å². The molecule has 1 aliphatic heterocycles. The number of halogens is 1. The lowest BCUT2D eigenvalue weighted by Gasteiger charge is -2.34. The first-order valence-corrected chi connectivity index (χ1v) is 8.51. The van der Waals surface area contributed by atoms with Crippen LogP contribution in [-0.4, -0.2) is 31.1 Å². The van der Waals surface area contributed by atoms with Crippen molar-refractivity contribution in [2.75, 3.05) is 26.2 Å². The average Bonchev–Trinajstić information content (AvgIpc) is 3.01. The molecule has 0 spiro atoms. The zero-order valence-corrected chi connectivity index (χ0v) is 13.2. The number of hydrogen-bond acceptors (Lipinski definition) is 4. The number of nitrogens with zero attached hydrogens (tertiary/aromatic N) is 1. The lowest BCUT2D eigenvalue weighted by Crippen LogP contribution is -2.45. The zero-order valence-electron chi connectivity index (χ0n) is 10.9. The van der Waals surface area contributed by atoms with Gasteiger partial charge in [-0.3, -0.25) is 4.90 Å². The topological polar surface area (TPSA) is 15.3 Å². The van der Waals surface area contributed by atoms with Crippen molar-refractivity contribution in [1.29, 1.82) is 0 Å². The Morgan fingerprint density at radius 1 is 1.11 bits per heavy atom. The van der Waals surface area contributed by atoms with Crippen LogP contribution in [0.2, 0.25) is 4.34 Å². The Labute approximate surface area is 127 Å². The summed E-state index contributed by atoms with van der Waals surface area (Å²) in [6.45, 7) is 6.50. The molecule has 1 atom stereocenters. The molecule has 0 aliphatic carbocycles. The van der Waals surface area contributed by atoms with Crippen LogP contribution >= 0.6 is 34.3 Å². The molecule has 0 radical (unpaired) electrons. The van der Waals surface area contributed by atoms with Crippen LogP contribution in [0.5, 0.6) is 0 Å². The SMILES string of the molecule is Cc1ccc(C(c2ccc(Cl)s2)N2CCNCC2)s1. The summed E-state index contributed by atoms with van der Waals surface area (Å²) in [5.41, 5.74) is 0. The van der Waals surface area contributed by atoms with Gasteiger partial charge in [-0.1, -0.05) is 11.6 Å². The molecule has 5 heteroatoms. The fourth-order valence-corrected chi connectivity index (χ4v) is 4.84. The fourth-order valence-electron chi connectivity index (χ4n) is 2.52. The van der Waals surface area contributed by atoms with E-state index in [4.69, 9.17) is 11.6 Å². The number of hydrogen-bond donors (Lipinski definition) is 1. The van der Waals surface area contributed by atoms with Gasteiger partial charge in [-0.2, -0.15) is 0 Å². The first-order valence-electron chi connectivity index (χ1n) is 6.50. The zero-order chi connectivity index (χ0) is 13.2. The van der Waals surface area contributed by atoms with E-state index in [0.717, 1.165) is 30.5 Å². The Balaban J connectivity index is 1.94. The molecular weight excluding hydrogens is 296 g/mol. The molecular formula is C14H17ClN2S2. The van der Waals surface area contributed by atoms with Gasteiger partial charge in [0.05, 0.1) is 10.4 Å². The number of nitrogens with one attached hydrogen (secondary N) is 1. The second-order valence-corrected chi connectivity index (χ2v) is 7.84. The molecule has 2 aromatic rings. The van der Waals surface area contributed by atoms with Gasteiger partial charge in [-0.25, -0.2) is 0 Å². The molecule has 102 valence electrons. The van der Waals surface area contributed by atoms with Gasteiger partial charge >= 0.3 is 0 Å². The van der Waals surface area contributed by atoms with E-state index in [1.807, 2.05) is 17.4 Å². The van der Waals surface area contributed by atoms with Crippen LogP contribution in [0.15, 0.2) is 24.3 Å². The Morgan fingerprint density at radius 3 is 2.37 bits per heavy atom. The summed E-state index contributed by atoms with van der Waals surface area (Å²) in [5.74, 6) is 0. The highest BCUT2D eigenvalue weighted by Crippen LogP contribution is 2.38. The molecule has 0 saturated carbocycles. The van der Waals surface area contributed by atoms with E-state index in [-0.39, 0.29) is 0 Å². The average molecular weight is 313 g/mol. The lowest BCUT2D eigenvalue weighted by molar-refractivity contribution is 0.203. The summed E-state index contributed by atoms with van der Waals surface area (Å²) >= 11 is 9.73. The summed E-state index contributed by atoms with van der Waals surface area (Å²) in [6.07, 6.45) is 0. The van der Waals surface area contributed by atoms with E-state index in [0.29, 0.717) is 6.04 Å². The predicted molar refractivity (Wildman–Crippen MR) is 84.7 cm³/mol. The minimum Gasteiger partial charge on any atom is -0.314 e. The standard InChI is InChI=1S/C14H17ClN2S2/c1-10-2-3-11(18-10)14(12-4-5-13(15)19-12)17-8-6-16-7-9-17/h2-5,14,16H,6-9H2,1H3. The summed E-state index contributed by atoms with van der Waals surface area (Å²) in [4.78, 5) is 6.72. The molecule has 2 nitrogen and oxygen atoms in total. The quantitative estimate of drug-likeness (QED) is 0.928. The maximum Gasteiger partial charge on any atom is 0.0931 e. The van der Waals surface area contributed by atoms with Crippen molar-refractivity contribution in [3.05, 3.63) is 43.2 Å². The Hall–Kier alpha value is -0.390. The van der Waals surface area contributed by atoms with E-state index in [2.05, 4.69) is 35.3 Å². The van der Waals surface area contributed by atoms with Gasteiger partial charge < -0.3 is 5.32 Å². The van der Waals surface area contributed by atoms with Crippen LogP contribution in [0, 0.1) is 6.92 Å². The minimum atomic E-state index is 0.373. The summed E-state index contributed by atoms with van der Waals surface area (Å²) in [7, 11) is 0. The van der Waals surface area contributed by atoms with Gasteiger partial charge in [-0.15, -0.1) is 22.7 Å². The van der Waals surface area contributed by atoms with Crippen LogP contribution in [0.4, 0.5) is 0 Å². The third kappa shape index (κ3) is 3.03. The third-order valence-corrected chi connectivity index (χ3v) is 5.75. The van der Waals surface area contributed by atoms with Crippen molar-refractivity contribution in [2.24, 2.45) is 0 Å². The molecule has 19 heavy (non-hydrogen) atoms. The normalized spacial score (nSPS) is 18.6. The summed E-state index contributed by atoms with van der Waals surface area (Å²) in [6, 6.07) is 9.04. The molecule has 0 aromatic carbocycles. The van der Waals surface area contributed by atoms with E-state index >= 15 is 0 Å². The van der Waals surface area contributed by atoms with E-state index < -0.39 is 0 Å². The highest BCUT2D eigenvalue weighted by molar-refractivity contribution is 7.16. The van der Waals surface area contributed by atoms with Crippen molar-refractivity contribution in [3.8, 4) is 0 Å². The maximum absolute atomic E-state index is 6.13. The van der Waals surface area contributed by atoms with E-state index in [1.54, 1.807) is 11.3 Å². The monoisotopic (exact) mass is 312 g/mol. The van der Waals surface area contributed by atoms with Crippen LogP contribution < -0.4 is 5.32 Å². The van der Waals surface area contributed by atoms with Gasteiger partial charge in [0.2, 0.25) is 0 Å². The first-order chi connectivity index (χ1) is 9.24. The second-order valence-electron chi connectivity index (χ2n) is 4.78. The van der Waals surface area contributed by atoms with Crippen molar-refractivity contribution >= 4 is 34.3 Å². The molecule has 0 amide bonds. The maximum atomic E-state index is 6.13. The lowest BCUT2D eigenvalue weighted by atomic mass is 10.1. The molecule has 3 heterocycles. The Kier molecular flexibility index (Phi) is 4.24. The molecule has 1 fully saturated rings. The van der Waals surface area contributed by atoms with Crippen LogP contribution in [0.3, 0.4) is 0 Å². The van der Waals surface area contributed by atoms with Crippen LogP contribution in [0.1, 0.15) is 20.7 Å². The smallest absolute Gasteiger partial charge is 0.0931 e. The van der Waals surface area contributed by atoms with Gasteiger partial charge in [0.15, 0.2) is 0 Å². The van der Waals surface area contributed by atoms with E-state index in [1.165, 1.54) is 14.6 Å². The molecule has 1 aliphatic rings. The third-order valence-electron chi connectivity index (χ3n) is 3.41. The molecule has 2 aromatic heterocycles. The van der Waals surface area contributed by atoms with Gasteiger partial charge in [0.25, 0.3) is 0 Å². The Morgan fingerprint density at radius 2 is 1.79 bits per heavy atom. The number of rotatable bonds is 3. The van der Waals surface area contributed by atoms with E-state index in [9.17, 15) is 0 Å². The Bertz CT molecular complexity index is 503. The van der Waals surface area contributed by atoms with Gasteiger partial charge in [-0.05, 0) is 31.2 Å². The van der Waals surface area contributed by atoms with Crippen molar-refractivity contribution in [3.63, 3.8) is 0 Å². The van der Waals surface area contributed by atoms with Crippen molar-refractivity contribution in [1.82, 2.24) is 10.2 Å². The van der Waals surface area contributed by atoms with Crippen LogP contribution in [-0.2, 0) is 0 Å². The fraction of sp³-hybridized carbons (Fsp3) is 0.429. The number of piperazine rings is 1. The molecule has 1 unspecified atom stereocenters. The molecule has 1 saturated heterocycles. The molecule has 1 N–H and O–H groups in total. The van der Waals surface area contributed by atoms with Gasteiger partial charge in [0, 0.05) is 40.8 Å². The van der Waals surface area contributed by atoms with Crippen molar-refractivity contribution < 1.29 is 0 Å². The van der Waals surface area contributed by atoms with Crippen LogP contribution in [0.25, 0.3) is 0 Å². The highest BCUT2D eigenvalue weighted by Gasteiger charge is 2.26.